The van der Waals surface area contributed by atoms with Gasteiger partial charge >= 0.3 is 5.97 Å². The fraction of sp³-hybridized carbons (Fsp3) is 0.333. The lowest BCUT2D eigenvalue weighted by molar-refractivity contribution is -0.150. The molecule has 1 N–H and O–H groups in total. The monoisotopic (exact) mass is 259 g/mol. The van der Waals surface area contributed by atoms with E-state index in [4.69, 9.17) is 0 Å². The fourth-order valence-electron chi connectivity index (χ4n) is 2.34. The van der Waals surface area contributed by atoms with Crippen molar-refractivity contribution in [2.75, 3.05) is 12.4 Å². The summed E-state index contributed by atoms with van der Waals surface area (Å²) in [7, 11) is 1.31. The van der Waals surface area contributed by atoms with Crippen LogP contribution in [0.4, 0.5) is 5.69 Å². The van der Waals surface area contributed by atoms with E-state index in [0.29, 0.717) is 6.42 Å². The minimum absolute atomic E-state index is 0.0591. The molecule has 4 heteroatoms. The van der Waals surface area contributed by atoms with Crippen LogP contribution < -0.4 is 5.32 Å². The van der Waals surface area contributed by atoms with Crippen molar-refractivity contribution in [2.24, 2.45) is 11.8 Å². The minimum atomic E-state index is -0.675. The lowest BCUT2D eigenvalue weighted by Gasteiger charge is -2.26. The van der Waals surface area contributed by atoms with E-state index in [1.165, 1.54) is 13.2 Å². The normalized spacial score (nSPS) is 22.6. The van der Waals surface area contributed by atoms with Crippen LogP contribution in [0, 0.1) is 11.8 Å². The summed E-state index contributed by atoms with van der Waals surface area (Å²) < 4.78 is 4.67. The summed E-state index contributed by atoms with van der Waals surface area (Å²) >= 11 is 0. The Kier molecular flexibility index (Phi) is 4.00. The van der Waals surface area contributed by atoms with Gasteiger partial charge in [0.1, 0.15) is 5.92 Å². The zero-order chi connectivity index (χ0) is 13.8. The number of ketones is 1. The van der Waals surface area contributed by atoms with Crippen LogP contribution in [0.2, 0.25) is 0 Å². The number of carbonyl (C=O) groups excluding carboxylic acids is 2. The number of hydrogen-bond acceptors (Lipinski definition) is 4. The summed E-state index contributed by atoms with van der Waals surface area (Å²) in [6.07, 6.45) is 2.16. The maximum Gasteiger partial charge on any atom is 0.316 e. The molecule has 0 fully saturated rings. The number of methoxy groups -OCH3 is 1. The van der Waals surface area contributed by atoms with Crippen LogP contribution in [0.15, 0.2) is 42.1 Å². The first kappa shape index (κ1) is 13.3. The van der Waals surface area contributed by atoms with E-state index >= 15 is 0 Å². The Balaban J connectivity index is 2.13. The van der Waals surface area contributed by atoms with Gasteiger partial charge < -0.3 is 10.1 Å². The topological polar surface area (TPSA) is 55.4 Å². The number of para-hydroxylation sites is 1. The van der Waals surface area contributed by atoms with Crippen molar-refractivity contribution >= 4 is 17.4 Å². The number of rotatable bonds is 3. The first-order valence-electron chi connectivity index (χ1n) is 6.26. The number of allylic oxidation sites excluding steroid dienone is 2. The van der Waals surface area contributed by atoms with Crippen molar-refractivity contribution in [3.8, 4) is 0 Å². The van der Waals surface area contributed by atoms with E-state index in [1.54, 1.807) is 0 Å². The van der Waals surface area contributed by atoms with Gasteiger partial charge in [0.2, 0.25) is 0 Å². The van der Waals surface area contributed by atoms with Crippen molar-refractivity contribution in [1.29, 1.82) is 0 Å². The van der Waals surface area contributed by atoms with Gasteiger partial charge in [0.05, 0.1) is 7.11 Å². The van der Waals surface area contributed by atoms with E-state index in [9.17, 15) is 9.59 Å². The third-order valence-corrected chi connectivity index (χ3v) is 3.27. The van der Waals surface area contributed by atoms with Gasteiger partial charge in [-0.1, -0.05) is 25.1 Å². The molecule has 2 rings (SSSR count). The van der Waals surface area contributed by atoms with Crippen molar-refractivity contribution in [3.63, 3.8) is 0 Å². The van der Waals surface area contributed by atoms with Crippen LogP contribution in [0.3, 0.4) is 0 Å². The lowest BCUT2D eigenvalue weighted by atomic mass is 9.82. The molecule has 2 atom stereocenters. The molecule has 1 aliphatic rings. The number of benzene rings is 1. The van der Waals surface area contributed by atoms with Crippen molar-refractivity contribution in [1.82, 2.24) is 0 Å². The molecule has 0 aromatic heterocycles. The second-order valence-electron chi connectivity index (χ2n) is 4.75. The van der Waals surface area contributed by atoms with E-state index < -0.39 is 11.9 Å². The molecule has 19 heavy (non-hydrogen) atoms. The third kappa shape index (κ3) is 3.02. The Hall–Kier alpha value is -2.10. The van der Waals surface area contributed by atoms with Gasteiger partial charge in [0.25, 0.3) is 0 Å². The molecule has 0 heterocycles. The van der Waals surface area contributed by atoms with E-state index in [2.05, 4.69) is 10.1 Å². The number of ether oxygens (including phenoxy) is 1. The Morgan fingerprint density at radius 3 is 2.58 bits per heavy atom. The Morgan fingerprint density at radius 1 is 1.32 bits per heavy atom. The standard InChI is InChI=1S/C15H17NO3/c1-10-8-12(16-11-6-4-3-5-7-11)9-13(17)14(10)15(18)19-2/h3-7,9-10,14,16H,8H2,1-2H3/t10-,14+/m1/s1. The summed E-state index contributed by atoms with van der Waals surface area (Å²) in [6, 6.07) is 9.65. The van der Waals surface area contributed by atoms with Gasteiger partial charge in [0, 0.05) is 17.5 Å². The second-order valence-corrected chi connectivity index (χ2v) is 4.75. The van der Waals surface area contributed by atoms with Crippen LogP contribution in [0.25, 0.3) is 0 Å². The number of carbonyl (C=O) groups is 2. The van der Waals surface area contributed by atoms with Gasteiger partial charge in [0.15, 0.2) is 5.78 Å². The molecule has 0 saturated heterocycles. The van der Waals surface area contributed by atoms with Gasteiger partial charge in [-0.25, -0.2) is 0 Å². The number of nitrogens with one attached hydrogen (secondary N) is 1. The highest BCUT2D eigenvalue weighted by Gasteiger charge is 2.35. The summed E-state index contributed by atoms with van der Waals surface area (Å²) in [4.78, 5) is 23.5. The average Bonchev–Trinajstić information content (AvgIpc) is 2.38. The Morgan fingerprint density at radius 2 is 2.00 bits per heavy atom. The number of anilines is 1. The van der Waals surface area contributed by atoms with Crippen molar-refractivity contribution < 1.29 is 14.3 Å². The molecule has 1 aliphatic carbocycles. The van der Waals surface area contributed by atoms with Gasteiger partial charge in [-0.05, 0) is 24.5 Å². The molecule has 0 bridgehead atoms. The zero-order valence-corrected chi connectivity index (χ0v) is 11.1. The molecular weight excluding hydrogens is 242 g/mol. The number of esters is 1. The van der Waals surface area contributed by atoms with E-state index in [0.717, 1.165) is 11.4 Å². The van der Waals surface area contributed by atoms with Crippen LogP contribution in [0.1, 0.15) is 13.3 Å². The predicted octanol–water partition coefficient (Wildman–Crippen LogP) is 2.38. The van der Waals surface area contributed by atoms with Crippen LogP contribution in [-0.4, -0.2) is 18.9 Å². The summed E-state index contributed by atoms with van der Waals surface area (Å²) in [6.45, 7) is 1.89. The summed E-state index contributed by atoms with van der Waals surface area (Å²) in [5.74, 6) is -1.38. The summed E-state index contributed by atoms with van der Waals surface area (Å²) in [5.41, 5.74) is 1.77. The second kappa shape index (κ2) is 5.69. The molecule has 0 amide bonds. The number of hydrogen-bond donors (Lipinski definition) is 1. The lowest BCUT2D eigenvalue weighted by Crippen LogP contribution is -2.34. The van der Waals surface area contributed by atoms with Gasteiger partial charge in [-0.3, -0.25) is 9.59 Å². The first-order valence-corrected chi connectivity index (χ1v) is 6.26. The molecule has 0 saturated carbocycles. The van der Waals surface area contributed by atoms with E-state index in [1.807, 2.05) is 37.3 Å². The predicted molar refractivity (Wildman–Crippen MR) is 72.4 cm³/mol. The molecule has 4 nitrogen and oxygen atoms in total. The van der Waals surface area contributed by atoms with Crippen LogP contribution in [-0.2, 0) is 14.3 Å². The molecule has 0 spiro atoms. The van der Waals surface area contributed by atoms with Gasteiger partial charge in [-0.2, -0.15) is 0 Å². The van der Waals surface area contributed by atoms with Crippen LogP contribution in [0.5, 0.6) is 0 Å². The highest BCUT2D eigenvalue weighted by atomic mass is 16.5. The Bertz CT molecular complexity index is 507. The first-order chi connectivity index (χ1) is 9.11. The Labute approximate surface area is 112 Å². The summed E-state index contributed by atoms with van der Waals surface area (Å²) in [5, 5.41) is 3.21. The van der Waals surface area contributed by atoms with Crippen molar-refractivity contribution in [3.05, 3.63) is 42.1 Å². The third-order valence-electron chi connectivity index (χ3n) is 3.27. The fourth-order valence-corrected chi connectivity index (χ4v) is 2.34. The molecule has 1 aromatic carbocycles. The molecule has 100 valence electrons. The van der Waals surface area contributed by atoms with Crippen molar-refractivity contribution in [2.45, 2.75) is 13.3 Å². The maximum absolute atomic E-state index is 12.0. The molecule has 1 aromatic rings. The minimum Gasteiger partial charge on any atom is -0.468 e. The van der Waals surface area contributed by atoms with Crippen LogP contribution >= 0.6 is 0 Å². The zero-order valence-electron chi connectivity index (χ0n) is 11.1. The molecule has 0 aliphatic heterocycles. The molecule has 0 unspecified atom stereocenters. The maximum atomic E-state index is 12.0. The average molecular weight is 259 g/mol. The van der Waals surface area contributed by atoms with Gasteiger partial charge in [-0.15, -0.1) is 0 Å². The van der Waals surface area contributed by atoms with E-state index in [-0.39, 0.29) is 11.7 Å². The molecular formula is C15H17NO3. The SMILES string of the molecule is COC(=O)[C@@H]1C(=O)C=C(Nc2ccccc2)C[C@H]1C. The largest absolute Gasteiger partial charge is 0.468 e. The quantitative estimate of drug-likeness (QED) is 0.669. The molecule has 0 radical (unpaired) electrons. The smallest absolute Gasteiger partial charge is 0.316 e. The highest BCUT2D eigenvalue weighted by Crippen LogP contribution is 2.28. The highest BCUT2D eigenvalue weighted by molar-refractivity contribution is 6.06.